The molecule has 0 atom stereocenters. The zero-order chi connectivity index (χ0) is 29.9. The Labute approximate surface area is 247 Å². The average Bonchev–Trinajstić information content (AvgIpc) is 3.01. The summed E-state index contributed by atoms with van der Waals surface area (Å²) >= 11 is 0. The van der Waals surface area contributed by atoms with Gasteiger partial charge in [0.2, 0.25) is 0 Å². The second-order valence-corrected chi connectivity index (χ2v) is 9.73. The summed E-state index contributed by atoms with van der Waals surface area (Å²) in [6.07, 6.45) is 0. The minimum atomic E-state index is 0.782. The van der Waals surface area contributed by atoms with Crippen molar-refractivity contribution >= 4 is 34.1 Å². The van der Waals surface area contributed by atoms with Crippen molar-refractivity contribution in [2.24, 2.45) is 0 Å². The number of hydrogen-bond donors (Lipinski definition) is 6. The maximum atomic E-state index is 5.61. The summed E-state index contributed by atoms with van der Waals surface area (Å²) in [5.74, 6) is 0. The van der Waals surface area contributed by atoms with E-state index in [1.807, 2.05) is 146 Å². The van der Waals surface area contributed by atoms with Gasteiger partial charge < -0.3 is 34.4 Å². The Morgan fingerprint density at radius 3 is 0.357 bits per heavy atom. The van der Waals surface area contributed by atoms with Gasteiger partial charge in [0.25, 0.3) is 0 Å². The summed E-state index contributed by atoms with van der Waals surface area (Å²) in [4.78, 5) is 0. The van der Waals surface area contributed by atoms with E-state index >= 15 is 0 Å². The highest BCUT2D eigenvalue weighted by Gasteiger charge is 1.98. The van der Waals surface area contributed by atoms with Crippen LogP contribution in [0.1, 0.15) is 0 Å². The van der Waals surface area contributed by atoms with Crippen LogP contribution in [0.2, 0.25) is 0 Å². The molecular formula is C36H36N6. The fourth-order valence-electron chi connectivity index (χ4n) is 4.05. The van der Waals surface area contributed by atoms with Gasteiger partial charge in [-0.2, -0.15) is 0 Å². The highest BCUT2D eigenvalue weighted by molar-refractivity contribution is 5.69. The summed E-state index contributed by atoms with van der Waals surface area (Å²) in [7, 11) is 0. The minimum absolute atomic E-state index is 0.782. The van der Waals surface area contributed by atoms with Gasteiger partial charge in [-0.3, -0.25) is 0 Å². The molecule has 0 aliphatic rings. The lowest BCUT2D eigenvalue weighted by molar-refractivity contribution is 1.61. The largest absolute Gasteiger partial charge is 0.399 e. The zero-order valence-electron chi connectivity index (χ0n) is 23.3. The van der Waals surface area contributed by atoms with Crippen LogP contribution in [0.5, 0.6) is 0 Å². The lowest BCUT2D eigenvalue weighted by atomic mass is 10.1. The van der Waals surface area contributed by atoms with Gasteiger partial charge >= 0.3 is 0 Å². The second kappa shape index (κ2) is 14.0. The molecule has 0 amide bonds. The van der Waals surface area contributed by atoms with Crippen molar-refractivity contribution in [2.75, 3.05) is 34.4 Å². The van der Waals surface area contributed by atoms with Crippen molar-refractivity contribution in [3.05, 3.63) is 146 Å². The Morgan fingerprint density at radius 1 is 0.167 bits per heavy atom. The fourth-order valence-corrected chi connectivity index (χ4v) is 4.05. The predicted molar refractivity (Wildman–Crippen MR) is 182 cm³/mol. The minimum Gasteiger partial charge on any atom is -0.399 e. The molecule has 0 heterocycles. The summed E-state index contributed by atoms with van der Waals surface area (Å²) < 4.78 is 0. The first-order valence-electron chi connectivity index (χ1n) is 13.4. The molecule has 6 nitrogen and oxygen atoms in total. The highest BCUT2D eigenvalue weighted by Crippen LogP contribution is 2.23. The molecule has 0 radical (unpaired) electrons. The standard InChI is InChI=1S/3C12H12N2/c3*13-11-5-1-9(2-6-11)10-3-7-12(14)8-4-10/h3*1-8H,13-14H2. The highest BCUT2D eigenvalue weighted by atomic mass is 14.6. The number of anilines is 6. The number of nitrogen functional groups attached to an aromatic ring is 6. The summed E-state index contributed by atoms with van der Waals surface area (Å²) in [5, 5.41) is 0. The Bertz CT molecular complexity index is 1320. The molecule has 0 aliphatic heterocycles. The molecule has 0 bridgehead atoms. The number of benzene rings is 6. The third kappa shape index (κ3) is 8.56. The van der Waals surface area contributed by atoms with Crippen LogP contribution in [-0.2, 0) is 0 Å². The smallest absolute Gasteiger partial charge is 0.0314 e. The van der Waals surface area contributed by atoms with E-state index < -0.39 is 0 Å². The Hall–Kier alpha value is -5.88. The van der Waals surface area contributed by atoms with Gasteiger partial charge in [-0.1, -0.05) is 72.8 Å². The molecule has 12 N–H and O–H groups in total. The molecule has 0 spiro atoms. The molecule has 0 saturated carbocycles. The zero-order valence-corrected chi connectivity index (χ0v) is 23.3. The van der Waals surface area contributed by atoms with E-state index in [4.69, 9.17) is 34.4 Å². The van der Waals surface area contributed by atoms with Crippen LogP contribution in [0.15, 0.2) is 146 Å². The van der Waals surface area contributed by atoms with Crippen LogP contribution in [0.25, 0.3) is 33.4 Å². The molecule has 6 aromatic carbocycles. The molecule has 6 aromatic rings. The first-order valence-corrected chi connectivity index (χ1v) is 13.4. The number of hydrogen-bond acceptors (Lipinski definition) is 6. The second-order valence-electron chi connectivity index (χ2n) is 9.73. The maximum Gasteiger partial charge on any atom is 0.0314 e. The Balaban J connectivity index is 0.000000145. The van der Waals surface area contributed by atoms with Crippen LogP contribution in [0, 0.1) is 0 Å². The molecule has 0 fully saturated rings. The topological polar surface area (TPSA) is 156 Å². The van der Waals surface area contributed by atoms with Crippen LogP contribution >= 0.6 is 0 Å². The van der Waals surface area contributed by atoms with Crippen LogP contribution in [-0.4, -0.2) is 0 Å². The Kier molecular flexibility index (Phi) is 9.68. The van der Waals surface area contributed by atoms with E-state index in [9.17, 15) is 0 Å². The molecule has 0 aliphatic carbocycles. The molecule has 6 rings (SSSR count). The SMILES string of the molecule is Nc1ccc(-c2ccc(N)cc2)cc1.Nc1ccc(-c2ccc(N)cc2)cc1.Nc1ccc(-c2ccc(N)cc2)cc1. The lowest BCUT2D eigenvalue weighted by Gasteiger charge is -2.02. The van der Waals surface area contributed by atoms with Crippen LogP contribution in [0.3, 0.4) is 0 Å². The number of nitrogens with two attached hydrogens (primary N) is 6. The van der Waals surface area contributed by atoms with E-state index in [1.165, 1.54) is 0 Å². The van der Waals surface area contributed by atoms with Crippen molar-refractivity contribution < 1.29 is 0 Å². The molecule has 6 heteroatoms. The van der Waals surface area contributed by atoms with Crippen LogP contribution in [0.4, 0.5) is 34.1 Å². The first kappa shape index (κ1) is 29.1. The monoisotopic (exact) mass is 552 g/mol. The molecule has 210 valence electrons. The molecule has 0 aromatic heterocycles. The Morgan fingerprint density at radius 2 is 0.262 bits per heavy atom. The van der Waals surface area contributed by atoms with Gasteiger partial charge in [0.15, 0.2) is 0 Å². The van der Waals surface area contributed by atoms with Gasteiger partial charge in [-0.25, -0.2) is 0 Å². The van der Waals surface area contributed by atoms with E-state index in [0.717, 1.165) is 67.5 Å². The predicted octanol–water partition coefficient (Wildman–Crippen LogP) is 7.55. The summed E-state index contributed by atoms with van der Waals surface area (Å²) in [6.45, 7) is 0. The molecule has 42 heavy (non-hydrogen) atoms. The van der Waals surface area contributed by atoms with Crippen molar-refractivity contribution in [1.29, 1.82) is 0 Å². The normalized spacial score (nSPS) is 10.0. The van der Waals surface area contributed by atoms with Gasteiger partial charge in [0.05, 0.1) is 0 Å². The van der Waals surface area contributed by atoms with Crippen molar-refractivity contribution in [2.45, 2.75) is 0 Å². The van der Waals surface area contributed by atoms with E-state index in [0.29, 0.717) is 0 Å². The van der Waals surface area contributed by atoms with Crippen molar-refractivity contribution in [1.82, 2.24) is 0 Å². The number of rotatable bonds is 3. The average molecular weight is 553 g/mol. The third-order valence-corrected chi connectivity index (χ3v) is 6.46. The van der Waals surface area contributed by atoms with E-state index in [1.54, 1.807) is 0 Å². The van der Waals surface area contributed by atoms with Gasteiger partial charge in [-0.05, 0) is 106 Å². The lowest BCUT2D eigenvalue weighted by Crippen LogP contribution is -1.85. The molecule has 0 unspecified atom stereocenters. The maximum absolute atomic E-state index is 5.61. The van der Waals surface area contributed by atoms with Crippen molar-refractivity contribution in [3.63, 3.8) is 0 Å². The summed E-state index contributed by atoms with van der Waals surface area (Å²) in [5.41, 5.74) is 45.3. The molecular weight excluding hydrogens is 516 g/mol. The van der Waals surface area contributed by atoms with Crippen LogP contribution < -0.4 is 34.4 Å². The summed E-state index contributed by atoms with van der Waals surface area (Å²) in [6, 6.07) is 46.7. The van der Waals surface area contributed by atoms with E-state index in [-0.39, 0.29) is 0 Å². The van der Waals surface area contributed by atoms with Crippen molar-refractivity contribution in [3.8, 4) is 33.4 Å². The van der Waals surface area contributed by atoms with Gasteiger partial charge in [0.1, 0.15) is 0 Å². The quantitative estimate of drug-likeness (QED) is 0.124. The first-order chi connectivity index (χ1) is 20.3. The van der Waals surface area contributed by atoms with Gasteiger partial charge in [-0.15, -0.1) is 0 Å². The fraction of sp³-hybridized carbons (Fsp3) is 0. The molecule has 0 saturated heterocycles. The third-order valence-electron chi connectivity index (χ3n) is 6.46. The van der Waals surface area contributed by atoms with Gasteiger partial charge in [0, 0.05) is 34.1 Å². The van der Waals surface area contributed by atoms with E-state index in [2.05, 4.69) is 0 Å².